The van der Waals surface area contributed by atoms with E-state index in [9.17, 15) is 9.59 Å². The van der Waals surface area contributed by atoms with Crippen LogP contribution in [0.5, 0.6) is 5.75 Å². The summed E-state index contributed by atoms with van der Waals surface area (Å²) in [5, 5.41) is 0. The Hall–Kier alpha value is -1.88. The molecule has 0 amide bonds. The Bertz CT molecular complexity index is 488. The summed E-state index contributed by atoms with van der Waals surface area (Å²) in [5.74, 6) is -0.234. The molecule has 2 N–H and O–H groups in total. The minimum atomic E-state index is -0.687. The number of hydrogen-bond acceptors (Lipinski definition) is 5. The molecule has 5 heteroatoms. The molecule has 0 saturated heterocycles. The van der Waals surface area contributed by atoms with Gasteiger partial charge in [0.15, 0.2) is 0 Å². The van der Waals surface area contributed by atoms with E-state index in [1.807, 2.05) is 0 Å². The van der Waals surface area contributed by atoms with E-state index in [4.69, 9.17) is 15.2 Å². The first-order valence-corrected chi connectivity index (χ1v) is 6.97. The molecule has 0 aliphatic heterocycles. The fourth-order valence-electron chi connectivity index (χ4n) is 1.54. The predicted molar refractivity (Wildman–Crippen MR) is 79.8 cm³/mol. The van der Waals surface area contributed by atoms with Crippen LogP contribution in [0.25, 0.3) is 0 Å². The first-order valence-electron chi connectivity index (χ1n) is 6.97. The number of rotatable bonds is 5. The van der Waals surface area contributed by atoms with E-state index < -0.39 is 17.4 Å². The number of benzene rings is 1. The van der Waals surface area contributed by atoms with Crippen molar-refractivity contribution in [2.45, 2.75) is 40.2 Å². The van der Waals surface area contributed by atoms with Crippen LogP contribution in [-0.2, 0) is 20.7 Å². The van der Waals surface area contributed by atoms with Crippen molar-refractivity contribution in [2.75, 3.05) is 6.61 Å². The minimum absolute atomic E-state index is 0.293. The number of carbonyl (C=O) groups excluding carboxylic acids is 2. The van der Waals surface area contributed by atoms with Crippen molar-refractivity contribution in [2.24, 2.45) is 11.1 Å². The molecule has 5 nitrogen and oxygen atoms in total. The van der Waals surface area contributed by atoms with Crippen molar-refractivity contribution >= 4 is 11.9 Å². The Balaban J connectivity index is 2.62. The zero-order valence-corrected chi connectivity index (χ0v) is 13.0. The first-order chi connectivity index (χ1) is 9.74. The van der Waals surface area contributed by atoms with Gasteiger partial charge >= 0.3 is 11.9 Å². The maximum Gasteiger partial charge on any atom is 0.323 e. The minimum Gasteiger partial charge on any atom is -0.465 e. The zero-order valence-electron chi connectivity index (χ0n) is 13.0. The van der Waals surface area contributed by atoms with Gasteiger partial charge in [-0.15, -0.1) is 0 Å². The molecule has 116 valence electrons. The second-order valence-electron chi connectivity index (χ2n) is 5.85. The van der Waals surface area contributed by atoms with Gasteiger partial charge in [0, 0.05) is 0 Å². The van der Waals surface area contributed by atoms with Crippen molar-refractivity contribution in [3.8, 4) is 5.75 Å². The van der Waals surface area contributed by atoms with E-state index in [0.29, 0.717) is 18.8 Å². The van der Waals surface area contributed by atoms with Gasteiger partial charge in [-0.3, -0.25) is 9.59 Å². The summed E-state index contributed by atoms with van der Waals surface area (Å²) in [5.41, 5.74) is 6.08. The molecule has 0 aliphatic rings. The highest BCUT2D eigenvalue weighted by Crippen LogP contribution is 2.20. The summed E-state index contributed by atoms with van der Waals surface area (Å²) in [4.78, 5) is 23.2. The van der Waals surface area contributed by atoms with Gasteiger partial charge < -0.3 is 15.2 Å². The molecule has 21 heavy (non-hydrogen) atoms. The van der Waals surface area contributed by atoms with Gasteiger partial charge in [0.1, 0.15) is 11.8 Å². The summed E-state index contributed by atoms with van der Waals surface area (Å²) in [6.07, 6.45) is 0.381. The standard InChI is InChI=1S/C16H23NO4/c1-5-20-14(18)13(17)10-11-6-8-12(9-7-11)21-15(19)16(2,3)4/h6-9,13H,5,10,17H2,1-4H3. The Morgan fingerprint density at radius 1 is 1.19 bits per heavy atom. The summed E-state index contributed by atoms with van der Waals surface area (Å²) in [6.45, 7) is 7.43. The lowest BCUT2D eigenvalue weighted by molar-refractivity contribution is -0.144. The van der Waals surface area contributed by atoms with Gasteiger partial charge in [-0.25, -0.2) is 0 Å². The van der Waals surface area contributed by atoms with Gasteiger partial charge in [-0.2, -0.15) is 0 Å². The van der Waals surface area contributed by atoms with E-state index in [2.05, 4.69) is 0 Å². The highest BCUT2D eigenvalue weighted by molar-refractivity contribution is 5.78. The van der Waals surface area contributed by atoms with Crippen LogP contribution in [0.1, 0.15) is 33.3 Å². The molecule has 1 rings (SSSR count). The van der Waals surface area contributed by atoms with E-state index in [1.54, 1.807) is 52.0 Å². The number of hydrogen-bond donors (Lipinski definition) is 1. The normalized spacial score (nSPS) is 12.6. The zero-order chi connectivity index (χ0) is 16.0. The second kappa shape index (κ2) is 7.22. The van der Waals surface area contributed by atoms with E-state index in [0.717, 1.165) is 5.56 Å². The van der Waals surface area contributed by atoms with Crippen LogP contribution in [-0.4, -0.2) is 24.6 Å². The van der Waals surface area contributed by atoms with Gasteiger partial charge in [-0.05, 0) is 51.8 Å². The third kappa shape index (κ3) is 5.55. The van der Waals surface area contributed by atoms with E-state index >= 15 is 0 Å². The van der Waals surface area contributed by atoms with Crippen LogP contribution in [0.3, 0.4) is 0 Å². The molecule has 1 aromatic rings. The van der Waals surface area contributed by atoms with E-state index in [-0.39, 0.29) is 5.97 Å². The number of esters is 2. The Kier molecular flexibility index (Phi) is 5.90. The van der Waals surface area contributed by atoms with Crippen LogP contribution in [0, 0.1) is 5.41 Å². The lowest BCUT2D eigenvalue weighted by atomic mass is 9.97. The molecule has 1 atom stereocenters. The van der Waals surface area contributed by atoms with E-state index in [1.165, 1.54) is 0 Å². The largest absolute Gasteiger partial charge is 0.465 e. The molecular formula is C16H23NO4. The Morgan fingerprint density at radius 3 is 2.24 bits per heavy atom. The van der Waals surface area contributed by atoms with Crippen molar-refractivity contribution in [1.82, 2.24) is 0 Å². The average Bonchev–Trinajstić information content (AvgIpc) is 2.40. The quantitative estimate of drug-likeness (QED) is 0.664. The molecule has 1 aromatic carbocycles. The Labute approximate surface area is 125 Å². The molecular weight excluding hydrogens is 270 g/mol. The Morgan fingerprint density at radius 2 is 1.76 bits per heavy atom. The summed E-state index contributed by atoms with van der Waals surface area (Å²) < 4.78 is 10.1. The molecule has 0 fully saturated rings. The number of nitrogens with two attached hydrogens (primary N) is 1. The number of ether oxygens (including phenoxy) is 2. The van der Waals surface area contributed by atoms with Crippen molar-refractivity contribution in [3.63, 3.8) is 0 Å². The van der Waals surface area contributed by atoms with Crippen LogP contribution in [0.15, 0.2) is 24.3 Å². The topological polar surface area (TPSA) is 78.6 Å². The fraction of sp³-hybridized carbons (Fsp3) is 0.500. The summed E-state index contributed by atoms with van der Waals surface area (Å²) >= 11 is 0. The van der Waals surface area contributed by atoms with Crippen molar-refractivity contribution < 1.29 is 19.1 Å². The third-order valence-corrected chi connectivity index (χ3v) is 2.79. The van der Waals surface area contributed by atoms with Crippen LogP contribution in [0.2, 0.25) is 0 Å². The first kappa shape index (κ1) is 17.2. The lowest BCUT2D eigenvalue weighted by Gasteiger charge is -2.16. The molecule has 0 aromatic heterocycles. The monoisotopic (exact) mass is 293 g/mol. The molecule has 0 bridgehead atoms. The predicted octanol–water partition coefficient (Wildman–Crippen LogP) is 2.07. The molecule has 0 radical (unpaired) electrons. The number of carbonyl (C=O) groups is 2. The summed E-state index contributed by atoms with van der Waals surface area (Å²) in [7, 11) is 0. The maximum absolute atomic E-state index is 11.8. The van der Waals surface area contributed by atoms with Crippen LogP contribution < -0.4 is 10.5 Å². The molecule has 0 heterocycles. The average molecular weight is 293 g/mol. The highest BCUT2D eigenvalue weighted by Gasteiger charge is 2.23. The van der Waals surface area contributed by atoms with Gasteiger partial charge in [0.2, 0.25) is 0 Å². The second-order valence-corrected chi connectivity index (χ2v) is 5.85. The van der Waals surface area contributed by atoms with Crippen molar-refractivity contribution in [1.29, 1.82) is 0 Å². The van der Waals surface area contributed by atoms with Gasteiger partial charge in [0.25, 0.3) is 0 Å². The van der Waals surface area contributed by atoms with Gasteiger partial charge in [-0.1, -0.05) is 12.1 Å². The molecule has 0 spiro atoms. The van der Waals surface area contributed by atoms with Gasteiger partial charge in [0.05, 0.1) is 12.0 Å². The SMILES string of the molecule is CCOC(=O)C(N)Cc1ccc(OC(=O)C(C)(C)C)cc1. The van der Waals surface area contributed by atoms with Crippen LogP contribution >= 0.6 is 0 Å². The van der Waals surface area contributed by atoms with Crippen LogP contribution in [0.4, 0.5) is 0 Å². The molecule has 0 aliphatic carbocycles. The third-order valence-electron chi connectivity index (χ3n) is 2.79. The molecule has 0 saturated carbocycles. The maximum atomic E-state index is 11.8. The smallest absolute Gasteiger partial charge is 0.323 e. The lowest BCUT2D eigenvalue weighted by Crippen LogP contribution is -2.34. The fourth-order valence-corrected chi connectivity index (χ4v) is 1.54. The highest BCUT2D eigenvalue weighted by atomic mass is 16.5. The molecule has 1 unspecified atom stereocenters. The summed E-state index contributed by atoms with van der Waals surface area (Å²) in [6, 6.07) is 6.26. The van der Waals surface area contributed by atoms with Crippen molar-refractivity contribution in [3.05, 3.63) is 29.8 Å².